The number of rotatable bonds is 2. The first-order chi connectivity index (χ1) is 8.38. The zero-order valence-corrected chi connectivity index (χ0v) is 12.7. The lowest BCUT2D eigenvalue weighted by Gasteiger charge is -2.44. The molecule has 0 spiro atoms. The first-order valence-corrected chi connectivity index (χ1v) is 7.79. The predicted octanol–water partition coefficient (Wildman–Crippen LogP) is 3.15. The summed E-state index contributed by atoms with van der Waals surface area (Å²) in [6, 6.07) is 0. The molecule has 2 heteroatoms. The van der Waals surface area contributed by atoms with E-state index >= 15 is 0 Å². The molecule has 2 aliphatic rings. The molecular weight excluding hydrogens is 222 g/mol. The van der Waals surface area contributed by atoms with Crippen LogP contribution in [0.5, 0.6) is 0 Å². The smallest absolute Gasteiger partial charge is 0.0631 e. The second-order valence-corrected chi connectivity index (χ2v) is 7.75. The Kier molecular flexibility index (Phi) is 4.38. The molecule has 0 bridgehead atoms. The minimum Gasteiger partial charge on any atom is -0.392 e. The van der Waals surface area contributed by atoms with E-state index in [1.165, 1.54) is 38.8 Å². The Bertz CT molecular complexity index is 266. The molecule has 18 heavy (non-hydrogen) atoms. The second kappa shape index (κ2) is 5.50. The molecule has 0 aromatic carbocycles. The van der Waals surface area contributed by atoms with E-state index in [1.807, 2.05) is 0 Å². The van der Waals surface area contributed by atoms with Crippen molar-refractivity contribution in [2.45, 2.75) is 59.5 Å². The number of nitrogens with zero attached hydrogens (tertiary/aromatic N) is 1. The van der Waals surface area contributed by atoms with Crippen molar-refractivity contribution in [3.8, 4) is 0 Å². The van der Waals surface area contributed by atoms with Crippen molar-refractivity contribution in [3.63, 3.8) is 0 Å². The number of hydrogen-bond donors (Lipinski definition) is 1. The van der Waals surface area contributed by atoms with Gasteiger partial charge in [-0.1, -0.05) is 34.1 Å². The fourth-order valence-corrected chi connectivity index (χ4v) is 4.23. The van der Waals surface area contributed by atoms with Gasteiger partial charge in [0, 0.05) is 19.6 Å². The van der Waals surface area contributed by atoms with Crippen LogP contribution in [0, 0.1) is 23.2 Å². The van der Waals surface area contributed by atoms with E-state index in [0.29, 0.717) is 5.92 Å². The summed E-state index contributed by atoms with van der Waals surface area (Å²) >= 11 is 0. The van der Waals surface area contributed by atoms with Gasteiger partial charge in [0.05, 0.1) is 6.10 Å². The van der Waals surface area contributed by atoms with Gasteiger partial charge in [-0.2, -0.15) is 0 Å². The second-order valence-electron chi connectivity index (χ2n) is 7.75. The summed E-state index contributed by atoms with van der Waals surface area (Å²) in [6.45, 7) is 12.8. The summed E-state index contributed by atoms with van der Waals surface area (Å²) in [7, 11) is 0. The van der Waals surface area contributed by atoms with E-state index < -0.39 is 0 Å². The Morgan fingerprint density at radius 3 is 2.39 bits per heavy atom. The normalized spacial score (nSPS) is 41.8. The maximum absolute atomic E-state index is 10.5. The van der Waals surface area contributed by atoms with Crippen molar-refractivity contribution in [1.29, 1.82) is 0 Å². The highest BCUT2D eigenvalue weighted by atomic mass is 16.3. The molecule has 2 nitrogen and oxygen atoms in total. The molecule has 1 N–H and O–H groups in total. The maximum Gasteiger partial charge on any atom is 0.0631 e. The minimum atomic E-state index is -0.112. The fourth-order valence-electron chi connectivity index (χ4n) is 4.23. The summed E-state index contributed by atoms with van der Waals surface area (Å²) in [5.74, 6) is 2.14. The molecule has 1 aliphatic carbocycles. The highest BCUT2D eigenvalue weighted by molar-refractivity contribution is 4.90. The molecule has 0 aromatic heterocycles. The van der Waals surface area contributed by atoms with E-state index in [-0.39, 0.29) is 11.5 Å². The Morgan fingerprint density at radius 2 is 1.78 bits per heavy atom. The predicted molar refractivity (Wildman–Crippen MR) is 76.5 cm³/mol. The van der Waals surface area contributed by atoms with E-state index in [2.05, 4.69) is 32.6 Å². The summed E-state index contributed by atoms with van der Waals surface area (Å²) < 4.78 is 0. The maximum atomic E-state index is 10.5. The van der Waals surface area contributed by atoms with Crippen LogP contribution >= 0.6 is 0 Å². The lowest BCUT2D eigenvalue weighted by Crippen LogP contribution is -2.48. The molecule has 1 saturated heterocycles. The summed E-state index contributed by atoms with van der Waals surface area (Å²) in [5, 5.41) is 10.5. The fraction of sp³-hybridized carbons (Fsp3) is 1.00. The largest absolute Gasteiger partial charge is 0.392 e. The number of hydrogen-bond acceptors (Lipinski definition) is 2. The molecule has 2 rings (SSSR count). The molecule has 0 amide bonds. The van der Waals surface area contributed by atoms with Crippen LogP contribution in [0.3, 0.4) is 0 Å². The van der Waals surface area contributed by atoms with Crippen molar-refractivity contribution in [3.05, 3.63) is 0 Å². The van der Waals surface area contributed by atoms with Crippen LogP contribution in [-0.2, 0) is 0 Å². The number of likely N-dealkylation sites (tertiary alicyclic amines) is 1. The van der Waals surface area contributed by atoms with Crippen LogP contribution in [0.15, 0.2) is 0 Å². The van der Waals surface area contributed by atoms with Crippen LogP contribution in [0.2, 0.25) is 0 Å². The monoisotopic (exact) mass is 253 g/mol. The van der Waals surface area contributed by atoms with Gasteiger partial charge in [0.2, 0.25) is 0 Å². The Labute approximate surface area is 113 Å². The quantitative estimate of drug-likeness (QED) is 0.817. The van der Waals surface area contributed by atoms with Gasteiger partial charge in [-0.15, -0.1) is 0 Å². The number of aliphatic hydroxyl groups excluding tert-OH is 1. The molecule has 0 radical (unpaired) electrons. The van der Waals surface area contributed by atoms with Crippen molar-refractivity contribution in [1.82, 2.24) is 4.90 Å². The zero-order valence-electron chi connectivity index (χ0n) is 12.7. The van der Waals surface area contributed by atoms with Crippen molar-refractivity contribution in [2.75, 3.05) is 19.6 Å². The van der Waals surface area contributed by atoms with E-state index in [1.54, 1.807) is 0 Å². The summed E-state index contributed by atoms with van der Waals surface area (Å²) in [4.78, 5) is 2.61. The highest BCUT2D eigenvalue weighted by Gasteiger charge is 2.38. The third-order valence-electron chi connectivity index (χ3n) is 5.08. The van der Waals surface area contributed by atoms with Gasteiger partial charge in [0.25, 0.3) is 0 Å². The molecule has 1 saturated carbocycles. The third kappa shape index (κ3) is 3.27. The average Bonchev–Trinajstić information content (AvgIpc) is 2.23. The molecule has 106 valence electrons. The van der Waals surface area contributed by atoms with Gasteiger partial charge in [0.15, 0.2) is 0 Å². The number of piperidine rings is 1. The van der Waals surface area contributed by atoms with Crippen LogP contribution in [0.25, 0.3) is 0 Å². The summed E-state index contributed by atoms with van der Waals surface area (Å²) in [6.07, 6.45) is 4.93. The van der Waals surface area contributed by atoms with Crippen LogP contribution < -0.4 is 0 Å². The standard InChI is InChI=1S/C16H31NO/c1-12-8-13(2)10-17(9-12)11-14-6-5-7-16(3,4)15(14)18/h12-15,18H,5-11H2,1-4H3. The first-order valence-electron chi connectivity index (χ1n) is 7.79. The van der Waals surface area contributed by atoms with Gasteiger partial charge in [-0.25, -0.2) is 0 Å². The molecular formula is C16H31NO. The summed E-state index contributed by atoms with van der Waals surface area (Å²) in [5.41, 5.74) is 0.121. The van der Waals surface area contributed by atoms with Gasteiger partial charge >= 0.3 is 0 Å². The average molecular weight is 253 g/mol. The van der Waals surface area contributed by atoms with Crippen LogP contribution in [0.1, 0.15) is 53.4 Å². The molecule has 4 unspecified atom stereocenters. The van der Waals surface area contributed by atoms with E-state index in [4.69, 9.17) is 0 Å². The molecule has 0 aromatic rings. The Balaban J connectivity index is 1.92. The van der Waals surface area contributed by atoms with Gasteiger partial charge in [-0.3, -0.25) is 0 Å². The Morgan fingerprint density at radius 1 is 1.17 bits per heavy atom. The highest BCUT2D eigenvalue weighted by Crippen LogP contribution is 2.39. The van der Waals surface area contributed by atoms with Crippen molar-refractivity contribution < 1.29 is 5.11 Å². The topological polar surface area (TPSA) is 23.5 Å². The van der Waals surface area contributed by atoms with Gasteiger partial charge < -0.3 is 10.0 Å². The SMILES string of the molecule is CC1CC(C)CN(CC2CCCC(C)(C)C2O)C1. The van der Waals surface area contributed by atoms with Crippen LogP contribution in [0.4, 0.5) is 0 Å². The Hall–Kier alpha value is -0.0800. The zero-order chi connectivity index (χ0) is 13.3. The molecule has 4 atom stereocenters. The van der Waals surface area contributed by atoms with E-state index in [0.717, 1.165) is 18.4 Å². The van der Waals surface area contributed by atoms with Gasteiger partial charge in [0.1, 0.15) is 0 Å². The van der Waals surface area contributed by atoms with E-state index in [9.17, 15) is 5.11 Å². The lowest BCUT2D eigenvalue weighted by molar-refractivity contribution is -0.0480. The first kappa shape index (κ1) is 14.3. The van der Waals surface area contributed by atoms with Crippen molar-refractivity contribution in [2.24, 2.45) is 23.2 Å². The van der Waals surface area contributed by atoms with Crippen LogP contribution in [-0.4, -0.2) is 35.7 Å². The van der Waals surface area contributed by atoms with Gasteiger partial charge in [-0.05, 0) is 42.4 Å². The minimum absolute atomic E-state index is 0.112. The number of aliphatic hydroxyl groups is 1. The lowest BCUT2D eigenvalue weighted by atomic mass is 9.69. The molecule has 2 fully saturated rings. The van der Waals surface area contributed by atoms with Crippen molar-refractivity contribution >= 4 is 0 Å². The third-order valence-corrected chi connectivity index (χ3v) is 5.08. The molecule has 1 heterocycles. The molecule has 1 aliphatic heterocycles.